The van der Waals surface area contributed by atoms with Gasteiger partial charge in [-0.1, -0.05) is 25.1 Å². The van der Waals surface area contributed by atoms with Crippen LogP contribution in [0.25, 0.3) is 0 Å². The summed E-state index contributed by atoms with van der Waals surface area (Å²) in [7, 11) is 0. The van der Waals surface area contributed by atoms with Gasteiger partial charge in [-0.25, -0.2) is 0 Å². The lowest BCUT2D eigenvalue weighted by Crippen LogP contribution is -2.38. The molecule has 0 saturated heterocycles. The van der Waals surface area contributed by atoms with Crippen LogP contribution in [0.3, 0.4) is 0 Å². The molecule has 1 heterocycles. The van der Waals surface area contributed by atoms with Crippen molar-refractivity contribution in [1.29, 1.82) is 0 Å². The van der Waals surface area contributed by atoms with Crippen molar-refractivity contribution in [3.05, 3.63) is 34.9 Å². The molecule has 102 valence electrons. The fourth-order valence-corrected chi connectivity index (χ4v) is 2.81. The van der Waals surface area contributed by atoms with Gasteiger partial charge in [0.15, 0.2) is 0 Å². The van der Waals surface area contributed by atoms with E-state index in [2.05, 4.69) is 24.0 Å². The first kappa shape index (κ1) is 13.7. The highest BCUT2D eigenvalue weighted by atomic mass is 16.1. The molecule has 19 heavy (non-hydrogen) atoms. The van der Waals surface area contributed by atoms with Gasteiger partial charge in [0.2, 0.25) is 5.91 Å². The molecule has 1 atom stereocenters. The van der Waals surface area contributed by atoms with Gasteiger partial charge in [0, 0.05) is 19.5 Å². The number of hydrogen-bond donors (Lipinski definition) is 1. The van der Waals surface area contributed by atoms with Crippen LogP contribution < -0.4 is 5.73 Å². The molecule has 0 aromatic heterocycles. The Labute approximate surface area is 113 Å². The largest absolute Gasteiger partial charge is 0.369 e. The molecular weight excluding hydrogens is 240 g/mol. The van der Waals surface area contributed by atoms with E-state index in [0.717, 1.165) is 18.7 Å². The van der Waals surface area contributed by atoms with Crippen LogP contribution in [0, 0.1) is 0 Å². The molecule has 0 spiro atoms. The van der Waals surface area contributed by atoms with Gasteiger partial charge >= 0.3 is 0 Å². The van der Waals surface area contributed by atoms with E-state index in [1.165, 1.54) is 11.1 Å². The Morgan fingerprint density at radius 1 is 1.42 bits per heavy atom. The SMILES string of the molecule is CC(=O)Cc1ccc2c(c1)CN(CC(N)=O)CC2C. The van der Waals surface area contributed by atoms with Crippen LogP contribution in [0.1, 0.15) is 36.5 Å². The van der Waals surface area contributed by atoms with Gasteiger partial charge in [0.05, 0.1) is 6.54 Å². The molecule has 1 unspecified atom stereocenters. The summed E-state index contributed by atoms with van der Waals surface area (Å²) in [6.45, 7) is 5.62. The molecule has 2 rings (SSSR count). The molecule has 4 nitrogen and oxygen atoms in total. The number of fused-ring (bicyclic) bond motifs is 1. The van der Waals surface area contributed by atoms with Gasteiger partial charge in [-0.3, -0.25) is 14.5 Å². The minimum absolute atomic E-state index is 0.165. The molecule has 1 aliphatic heterocycles. The van der Waals surface area contributed by atoms with E-state index in [1.54, 1.807) is 6.92 Å². The number of nitrogens with two attached hydrogens (primary N) is 1. The van der Waals surface area contributed by atoms with Crippen LogP contribution in [0.15, 0.2) is 18.2 Å². The minimum Gasteiger partial charge on any atom is -0.369 e. The quantitative estimate of drug-likeness (QED) is 0.885. The minimum atomic E-state index is -0.296. The van der Waals surface area contributed by atoms with E-state index >= 15 is 0 Å². The number of amides is 1. The summed E-state index contributed by atoms with van der Waals surface area (Å²) in [4.78, 5) is 24.3. The van der Waals surface area contributed by atoms with Crippen molar-refractivity contribution in [2.45, 2.75) is 32.7 Å². The summed E-state index contributed by atoms with van der Waals surface area (Å²) in [5.41, 5.74) is 8.82. The number of benzene rings is 1. The predicted molar refractivity (Wildman–Crippen MR) is 73.7 cm³/mol. The normalized spacial score (nSPS) is 18.9. The van der Waals surface area contributed by atoms with Gasteiger partial charge in [-0.05, 0) is 29.5 Å². The van der Waals surface area contributed by atoms with Crippen molar-refractivity contribution in [2.24, 2.45) is 5.73 Å². The fourth-order valence-electron chi connectivity index (χ4n) is 2.81. The summed E-state index contributed by atoms with van der Waals surface area (Å²) >= 11 is 0. The lowest BCUT2D eigenvalue weighted by molar-refractivity contribution is -0.119. The Morgan fingerprint density at radius 3 is 2.79 bits per heavy atom. The summed E-state index contributed by atoms with van der Waals surface area (Å²) in [6.07, 6.45) is 0.470. The van der Waals surface area contributed by atoms with Crippen molar-refractivity contribution < 1.29 is 9.59 Å². The van der Waals surface area contributed by atoms with Gasteiger partial charge < -0.3 is 5.73 Å². The maximum absolute atomic E-state index is 11.2. The number of rotatable bonds is 4. The summed E-state index contributed by atoms with van der Waals surface area (Å²) in [5.74, 6) is 0.253. The van der Waals surface area contributed by atoms with E-state index < -0.39 is 0 Å². The highest BCUT2D eigenvalue weighted by Gasteiger charge is 2.23. The Kier molecular flexibility index (Phi) is 4.00. The van der Waals surface area contributed by atoms with Gasteiger partial charge in [-0.2, -0.15) is 0 Å². The van der Waals surface area contributed by atoms with Crippen molar-refractivity contribution in [1.82, 2.24) is 4.90 Å². The third-order valence-corrected chi connectivity index (χ3v) is 3.50. The zero-order chi connectivity index (χ0) is 14.0. The number of hydrogen-bond acceptors (Lipinski definition) is 3. The molecule has 0 radical (unpaired) electrons. The number of primary amides is 1. The van der Waals surface area contributed by atoms with Crippen LogP contribution in [0.4, 0.5) is 0 Å². The second kappa shape index (κ2) is 5.53. The monoisotopic (exact) mass is 260 g/mol. The van der Waals surface area contributed by atoms with E-state index in [4.69, 9.17) is 5.73 Å². The lowest BCUT2D eigenvalue weighted by atomic mass is 9.89. The average Bonchev–Trinajstić information content (AvgIpc) is 2.26. The summed E-state index contributed by atoms with van der Waals surface area (Å²) in [5, 5.41) is 0. The third-order valence-electron chi connectivity index (χ3n) is 3.50. The molecule has 1 aromatic rings. The molecule has 0 aliphatic carbocycles. The van der Waals surface area contributed by atoms with Crippen LogP contribution in [0.2, 0.25) is 0 Å². The average molecular weight is 260 g/mol. The number of Topliss-reactive ketones (excluding diaryl/α,β-unsaturated/α-hetero) is 1. The first-order valence-electron chi connectivity index (χ1n) is 6.57. The smallest absolute Gasteiger partial charge is 0.231 e. The molecule has 0 saturated carbocycles. The topological polar surface area (TPSA) is 63.4 Å². The van der Waals surface area contributed by atoms with Crippen LogP contribution in [0.5, 0.6) is 0 Å². The third kappa shape index (κ3) is 3.41. The molecular formula is C15H20N2O2. The molecule has 0 fully saturated rings. The van der Waals surface area contributed by atoms with E-state index in [0.29, 0.717) is 18.9 Å². The molecule has 2 N–H and O–H groups in total. The van der Waals surface area contributed by atoms with Crippen molar-refractivity contribution in [3.8, 4) is 0 Å². The number of nitrogens with zero attached hydrogens (tertiary/aromatic N) is 1. The maximum atomic E-state index is 11.2. The second-order valence-electron chi connectivity index (χ2n) is 5.45. The number of carbonyl (C=O) groups excluding carboxylic acids is 2. The van der Waals surface area contributed by atoms with Crippen molar-refractivity contribution in [3.63, 3.8) is 0 Å². The van der Waals surface area contributed by atoms with E-state index in [9.17, 15) is 9.59 Å². The molecule has 4 heteroatoms. The predicted octanol–water partition coefficient (Wildman–Crippen LogP) is 1.22. The van der Waals surface area contributed by atoms with Crippen molar-refractivity contribution in [2.75, 3.05) is 13.1 Å². The Hall–Kier alpha value is -1.68. The number of ketones is 1. The Balaban J connectivity index is 2.22. The van der Waals surface area contributed by atoms with Gasteiger partial charge in [-0.15, -0.1) is 0 Å². The zero-order valence-corrected chi connectivity index (χ0v) is 11.5. The fraction of sp³-hybridized carbons (Fsp3) is 0.467. The van der Waals surface area contributed by atoms with Crippen molar-refractivity contribution >= 4 is 11.7 Å². The molecule has 1 aromatic carbocycles. The van der Waals surface area contributed by atoms with E-state index in [1.807, 2.05) is 6.07 Å². The van der Waals surface area contributed by atoms with Gasteiger partial charge in [0.1, 0.15) is 5.78 Å². The maximum Gasteiger partial charge on any atom is 0.231 e. The van der Waals surface area contributed by atoms with E-state index in [-0.39, 0.29) is 11.7 Å². The number of carbonyl (C=O) groups is 2. The second-order valence-corrected chi connectivity index (χ2v) is 5.45. The molecule has 0 bridgehead atoms. The van der Waals surface area contributed by atoms with Gasteiger partial charge in [0.25, 0.3) is 0 Å². The molecule has 1 aliphatic rings. The highest BCUT2D eigenvalue weighted by Crippen LogP contribution is 2.28. The van der Waals surface area contributed by atoms with Crippen LogP contribution in [-0.2, 0) is 22.6 Å². The Bertz CT molecular complexity index is 511. The standard InChI is InChI=1S/C15H20N2O2/c1-10-7-17(9-15(16)19)8-13-6-12(5-11(2)18)3-4-14(10)13/h3-4,6,10H,5,7-9H2,1-2H3,(H2,16,19). The molecule has 1 amide bonds. The highest BCUT2D eigenvalue weighted by molar-refractivity contribution is 5.78. The summed E-state index contributed by atoms with van der Waals surface area (Å²) < 4.78 is 0. The summed E-state index contributed by atoms with van der Waals surface area (Å²) in [6, 6.07) is 6.22. The lowest BCUT2D eigenvalue weighted by Gasteiger charge is -2.32. The van der Waals surface area contributed by atoms with Crippen LogP contribution >= 0.6 is 0 Å². The van der Waals surface area contributed by atoms with Crippen LogP contribution in [-0.4, -0.2) is 29.7 Å². The first-order chi connectivity index (χ1) is 8.95. The Morgan fingerprint density at radius 2 is 2.16 bits per heavy atom. The zero-order valence-electron chi connectivity index (χ0n) is 11.5. The first-order valence-corrected chi connectivity index (χ1v) is 6.57.